The Morgan fingerprint density at radius 3 is 1.68 bits per heavy atom. The molecule has 374 valence electrons. The number of H-pyrrole nitrogens is 4. The summed E-state index contributed by atoms with van der Waals surface area (Å²) < 4.78 is 0. The van der Waals surface area contributed by atoms with E-state index in [2.05, 4.69) is 238 Å². The van der Waals surface area contributed by atoms with Crippen molar-refractivity contribution in [3.05, 3.63) is 298 Å². The molecule has 0 fully saturated rings. The Balaban J connectivity index is 0.000000157. The number of allylic oxidation sites excluding steroid dienone is 5. The molecule has 0 saturated carbocycles. The van der Waals surface area contributed by atoms with Crippen molar-refractivity contribution in [1.82, 2.24) is 35.2 Å². The lowest BCUT2D eigenvalue weighted by Gasteiger charge is -2.12. The van der Waals surface area contributed by atoms with Gasteiger partial charge in [-0.05, 0) is 150 Å². The Labute approximate surface area is 455 Å². The van der Waals surface area contributed by atoms with Crippen molar-refractivity contribution in [2.45, 2.75) is 0 Å². The summed E-state index contributed by atoms with van der Waals surface area (Å²) >= 11 is 0. The maximum Gasteiger partial charge on any atom is 0.0893 e. The fourth-order valence-corrected chi connectivity index (χ4v) is 10.6. The molecule has 5 aromatic heterocycles. The number of hydrogen-bond donors (Lipinski definition) is 5. The quantitative estimate of drug-likeness (QED) is 0.118. The number of nitrogens with zero attached hydrogens (tertiary/aromatic N) is 4. The van der Waals surface area contributed by atoms with Gasteiger partial charge in [0.1, 0.15) is 0 Å². The van der Waals surface area contributed by atoms with E-state index < -0.39 is 0 Å². The van der Waals surface area contributed by atoms with Gasteiger partial charge in [-0.2, -0.15) is 0 Å². The van der Waals surface area contributed by atoms with Crippen LogP contribution in [0.15, 0.2) is 258 Å². The molecule has 0 amide bonds. The molecular weight excluding hydrogens is 967 g/mol. The zero-order valence-electron chi connectivity index (χ0n) is 42.7. The van der Waals surface area contributed by atoms with Crippen LogP contribution in [-0.4, -0.2) is 41.3 Å². The van der Waals surface area contributed by atoms with Crippen LogP contribution in [0.2, 0.25) is 0 Å². The second kappa shape index (κ2) is 20.3. The number of aromatic nitrogens is 6. The Bertz CT molecular complexity index is 4580. The Morgan fingerprint density at radius 2 is 0.987 bits per heavy atom. The second-order valence-electron chi connectivity index (χ2n) is 19.6. The molecule has 0 radical (unpaired) electrons. The van der Waals surface area contributed by atoms with Crippen LogP contribution in [0, 0.1) is 0 Å². The summed E-state index contributed by atoms with van der Waals surface area (Å²) in [5.74, 6) is 0. The number of benzene rings is 5. The van der Waals surface area contributed by atoms with Crippen LogP contribution < -0.4 is 16.0 Å². The zero-order valence-corrected chi connectivity index (χ0v) is 42.7. The van der Waals surface area contributed by atoms with Crippen molar-refractivity contribution in [3.8, 4) is 33.4 Å². The molecule has 79 heavy (non-hydrogen) atoms. The molecule has 0 saturated heterocycles. The van der Waals surface area contributed by atoms with Gasteiger partial charge in [0.05, 0.1) is 56.8 Å². The first-order valence-corrected chi connectivity index (χ1v) is 26.3. The number of aromatic amines is 4. The third-order valence-corrected chi connectivity index (χ3v) is 14.1. The predicted molar refractivity (Wildman–Crippen MR) is 326 cm³/mol. The highest BCUT2D eigenvalue weighted by atomic mass is 15.0. The molecule has 9 nitrogen and oxygen atoms in total. The van der Waals surface area contributed by atoms with E-state index in [-0.39, 0.29) is 0 Å². The first-order chi connectivity index (χ1) is 39.0. The Hall–Kier alpha value is -10.9. The molecule has 5 N–H and O–H groups in total. The van der Waals surface area contributed by atoms with Gasteiger partial charge in [0.15, 0.2) is 0 Å². The van der Waals surface area contributed by atoms with Gasteiger partial charge in [-0.3, -0.25) is 0 Å². The third kappa shape index (κ3) is 9.83. The van der Waals surface area contributed by atoms with Gasteiger partial charge in [-0.15, -0.1) is 0 Å². The van der Waals surface area contributed by atoms with Gasteiger partial charge >= 0.3 is 0 Å². The topological polar surface area (TPSA) is 126 Å². The van der Waals surface area contributed by atoms with Crippen LogP contribution in [-0.2, 0) is 0 Å². The second-order valence-corrected chi connectivity index (χ2v) is 19.6. The van der Waals surface area contributed by atoms with Crippen LogP contribution in [0.1, 0.15) is 39.7 Å². The average Bonchev–Trinajstić information content (AvgIpc) is 4.57. The van der Waals surface area contributed by atoms with Crippen LogP contribution in [0.3, 0.4) is 0 Å². The van der Waals surface area contributed by atoms with E-state index in [0.717, 1.165) is 146 Å². The molecule has 15 rings (SSSR count). The summed E-state index contributed by atoms with van der Waals surface area (Å²) in [4.78, 5) is 34.4. The number of rotatable bonds is 5. The number of fused-ring (bicyclic) bond motifs is 15. The predicted octanol–water partition coefficient (Wildman–Crippen LogP) is 14.5. The molecule has 10 aromatic rings. The summed E-state index contributed by atoms with van der Waals surface area (Å²) in [7, 11) is 0. The number of para-hydroxylation sites is 1. The SMILES string of the molecule is C1=CC2=NC1=Cc1ccc([nH]1)C=c1ccc([nH]1)=CC1=CC(=Nc3ccccc3)C(=C2)N1.C1=Cc2cc3[nH]c(c(-c4ccccc4)c4nc(cc5ccc(cc1n2)[nH]5)C=C4c1ccccc1)c(-c1ccccc1)c3-c1ccccc1. The molecule has 5 aliphatic heterocycles. The van der Waals surface area contributed by atoms with E-state index in [1.165, 1.54) is 0 Å². The first kappa shape index (κ1) is 46.6. The van der Waals surface area contributed by atoms with E-state index in [4.69, 9.17) is 20.0 Å². The number of hydrogen-bond acceptors (Lipinski definition) is 5. The van der Waals surface area contributed by atoms with Gasteiger partial charge < -0.3 is 25.3 Å². The number of nitrogens with one attached hydrogen (secondary N) is 5. The highest BCUT2D eigenvalue weighted by Crippen LogP contribution is 2.45. The monoisotopic (exact) mass is 1020 g/mol. The van der Waals surface area contributed by atoms with Crippen molar-refractivity contribution in [2.75, 3.05) is 0 Å². The first-order valence-electron chi connectivity index (χ1n) is 26.3. The smallest absolute Gasteiger partial charge is 0.0893 e. The maximum absolute atomic E-state index is 5.42. The molecule has 0 atom stereocenters. The molecular formula is C70H49N9. The third-order valence-electron chi connectivity index (χ3n) is 14.1. The van der Waals surface area contributed by atoms with Gasteiger partial charge in [0.25, 0.3) is 0 Å². The summed E-state index contributed by atoms with van der Waals surface area (Å²) in [6, 6.07) is 71.3. The highest BCUT2D eigenvalue weighted by Gasteiger charge is 2.25. The molecule has 0 aliphatic carbocycles. The van der Waals surface area contributed by atoms with E-state index in [1.54, 1.807) is 0 Å². The van der Waals surface area contributed by atoms with Crippen molar-refractivity contribution in [2.24, 2.45) is 9.98 Å². The van der Waals surface area contributed by atoms with Gasteiger partial charge in [0, 0.05) is 66.6 Å². The van der Waals surface area contributed by atoms with Gasteiger partial charge in [-0.25, -0.2) is 20.0 Å². The lowest BCUT2D eigenvalue weighted by Crippen LogP contribution is -2.14. The molecule has 0 unspecified atom stereocenters. The van der Waals surface area contributed by atoms with Crippen LogP contribution >= 0.6 is 0 Å². The number of aliphatic imine (C=N–C) groups is 2. The summed E-state index contributed by atoms with van der Waals surface area (Å²) in [5, 5.41) is 5.54. The Kier molecular flexibility index (Phi) is 12.0. The van der Waals surface area contributed by atoms with E-state index in [0.29, 0.717) is 0 Å². The normalized spacial score (nSPS) is 14.4. The minimum absolute atomic E-state index is 0.877. The van der Waals surface area contributed by atoms with Crippen molar-refractivity contribution >= 4 is 81.2 Å². The van der Waals surface area contributed by atoms with Crippen molar-refractivity contribution < 1.29 is 0 Å². The van der Waals surface area contributed by atoms with Crippen LogP contribution in [0.5, 0.6) is 0 Å². The molecule has 0 spiro atoms. The largest absolute Gasteiger partial charge is 0.355 e. The highest BCUT2D eigenvalue weighted by molar-refractivity contribution is 6.19. The minimum Gasteiger partial charge on any atom is -0.355 e. The lowest BCUT2D eigenvalue weighted by molar-refractivity contribution is 1.12. The Morgan fingerprint density at radius 1 is 0.392 bits per heavy atom. The molecule has 16 bridgehead atoms. The van der Waals surface area contributed by atoms with E-state index in [9.17, 15) is 0 Å². The fraction of sp³-hybridized carbons (Fsp3) is 0. The lowest BCUT2D eigenvalue weighted by atomic mass is 9.91. The van der Waals surface area contributed by atoms with Gasteiger partial charge in [0.2, 0.25) is 0 Å². The van der Waals surface area contributed by atoms with Crippen LogP contribution in [0.4, 0.5) is 5.69 Å². The fourth-order valence-electron chi connectivity index (χ4n) is 10.6. The maximum atomic E-state index is 5.42. The van der Waals surface area contributed by atoms with Crippen LogP contribution in [0.25, 0.3) is 97.5 Å². The minimum atomic E-state index is 0.877. The molecule has 10 heterocycles. The van der Waals surface area contributed by atoms with Gasteiger partial charge in [-0.1, -0.05) is 140 Å². The summed E-state index contributed by atoms with van der Waals surface area (Å²) in [5.41, 5.74) is 23.9. The summed E-state index contributed by atoms with van der Waals surface area (Å²) in [6.07, 6.45) is 20.7. The van der Waals surface area contributed by atoms with Crippen molar-refractivity contribution in [1.29, 1.82) is 0 Å². The molecule has 5 aliphatic rings. The van der Waals surface area contributed by atoms with Crippen molar-refractivity contribution in [3.63, 3.8) is 0 Å². The molecule has 9 heteroatoms. The summed E-state index contributed by atoms with van der Waals surface area (Å²) in [6.45, 7) is 0. The average molecular weight is 1020 g/mol. The van der Waals surface area contributed by atoms with E-state index >= 15 is 0 Å². The standard InChI is InChI=1S/C44H30N4.C26H19N5/c1-5-13-29(14-6-1)38-27-37-26-35-22-21-33(45-35)25-34-23-24-36(46-34)28-39-40(30-15-7-2-8-16-30)41(31-17-9-3-10-18-31)44(48-39)42(43(38)47-37)32-19-11-4-12-20-32;1-2-4-17(5-3-1)30-26-16-24-14-22-9-8-20(28-22)12-18-6-7-19(27-18)13-21-10-11-23(29-21)15-25(26)31-24/h1-28,45,48H;1-16,27-28,31H. The molecule has 5 aromatic carbocycles. The van der Waals surface area contributed by atoms with E-state index in [1.807, 2.05) is 54.6 Å². The zero-order chi connectivity index (χ0) is 52.5.